The number of para-hydroxylation sites is 1. The van der Waals surface area contributed by atoms with E-state index < -0.39 is 6.10 Å². The van der Waals surface area contributed by atoms with Crippen LogP contribution in [0.15, 0.2) is 60.7 Å². The van der Waals surface area contributed by atoms with E-state index in [1.807, 2.05) is 78.8 Å². The first-order valence-electron chi connectivity index (χ1n) is 12.9. The molecule has 6 heteroatoms. The number of amides is 1. The summed E-state index contributed by atoms with van der Waals surface area (Å²) < 4.78 is 7.34. The van der Waals surface area contributed by atoms with E-state index in [0.717, 1.165) is 51.0 Å². The van der Waals surface area contributed by atoms with E-state index in [0.29, 0.717) is 12.4 Å². The molecule has 194 valence electrons. The standard InChI is InChI=1S/C31H37N3O3/c1-7-24-15-11-12-20(2)29(24)34(23(5)19-37-6)28(35)18-33-27-17-22(4)21(3)16-26(27)32-31(33)30(36)25-13-9-8-10-14-25/h8-17,23,30,36H,7,18-19H2,1-6H3. The Morgan fingerprint density at radius 2 is 1.73 bits per heavy atom. The van der Waals surface area contributed by atoms with Crippen molar-refractivity contribution in [2.24, 2.45) is 0 Å². The molecule has 0 saturated carbocycles. The third kappa shape index (κ3) is 5.31. The Balaban J connectivity index is 1.85. The average molecular weight is 500 g/mol. The van der Waals surface area contributed by atoms with Crippen molar-refractivity contribution >= 4 is 22.6 Å². The van der Waals surface area contributed by atoms with Gasteiger partial charge in [0.25, 0.3) is 0 Å². The van der Waals surface area contributed by atoms with Crippen LogP contribution in [0.5, 0.6) is 0 Å². The summed E-state index contributed by atoms with van der Waals surface area (Å²) in [5, 5.41) is 11.4. The van der Waals surface area contributed by atoms with Crippen molar-refractivity contribution in [3.05, 3.63) is 94.3 Å². The van der Waals surface area contributed by atoms with E-state index in [1.165, 1.54) is 0 Å². The van der Waals surface area contributed by atoms with Gasteiger partial charge in [-0.1, -0.05) is 55.5 Å². The molecule has 0 aliphatic carbocycles. The fraction of sp³-hybridized carbons (Fsp3) is 0.355. The summed E-state index contributed by atoms with van der Waals surface area (Å²) in [5.74, 6) is 0.381. The van der Waals surface area contributed by atoms with Crippen LogP contribution in [0.4, 0.5) is 5.69 Å². The lowest BCUT2D eigenvalue weighted by atomic mass is 10.0. The van der Waals surface area contributed by atoms with Crippen molar-refractivity contribution in [2.75, 3.05) is 18.6 Å². The van der Waals surface area contributed by atoms with Gasteiger partial charge in [0.2, 0.25) is 5.91 Å². The highest BCUT2D eigenvalue weighted by atomic mass is 16.5. The molecule has 0 saturated heterocycles. The van der Waals surface area contributed by atoms with Gasteiger partial charge in [-0.15, -0.1) is 0 Å². The lowest BCUT2D eigenvalue weighted by Crippen LogP contribution is -2.44. The second-order valence-electron chi connectivity index (χ2n) is 9.80. The SMILES string of the molecule is CCc1cccc(C)c1N(C(=O)Cn1c(C(O)c2ccccc2)nc2cc(C)c(C)cc21)C(C)COC. The molecule has 1 aromatic heterocycles. The molecule has 0 aliphatic rings. The molecule has 37 heavy (non-hydrogen) atoms. The molecule has 3 aromatic carbocycles. The van der Waals surface area contributed by atoms with Gasteiger partial charge in [-0.25, -0.2) is 4.98 Å². The number of ether oxygens (including phenoxy) is 1. The highest BCUT2D eigenvalue weighted by Gasteiger charge is 2.28. The highest BCUT2D eigenvalue weighted by Crippen LogP contribution is 2.31. The van der Waals surface area contributed by atoms with Gasteiger partial charge in [0.15, 0.2) is 0 Å². The number of hydrogen-bond donors (Lipinski definition) is 1. The molecule has 0 spiro atoms. The summed E-state index contributed by atoms with van der Waals surface area (Å²) in [6, 6.07) is 19.5. The number of methoxy groups -OCH3 is 1. The van der Waals surface area contributed by atoms with Crippen molar-refractivity contribution in [2.45, 2.75) is 59.7 Å². The van der Waals surface area contributed by atoms with Crippen LogP contribution in [-0.4, -0.2) is 40.3 Å². The van der Waals surface area contributed by atoms with E-state index in [1.54, 1.807) is 7.11 Å². The molecular weight excluding hydrogens is 462 g/mol. The molecule has 1 heterocycles. The first kappa shape index (κ1) is 26.6. The van der Waals surface area contributed by atoms with Crippen molar-refractivity contribution in [1.82, 2.24) is 9.55 Å². The number of aliphatic hydroxyl groups excluding tert-OH is 1. The number of rotatable bonds is 9. The van der Waals surface area contributed by atoms with Crippen LogP contribution in [-0.2, 0) is 22.5 Å². The number of aryl methyl sites for hydroxylation is 4. The maximum atomic E-state index is 14.2. The third-order valence-corrected chi connectivity index (χ3v) is 7.11. The predicted molar refractivity (Wildman–Crippen MR) is 149 cm³/mol. The Hall–Kier alpha value is -3.48. The smallest absolute Gasteiger partial charge is 0.247 e. The number of hydrogen-bond acceptors (Lipinski definition) is 4. The zero-order valence-electron chi connectivity index (χ0n) is 22.7. The lowest BCUT2D eigenvalue weighted by Gasteiger charge is -2.32. The maximum Gasteiger partial charge on any atom is 0.247 e. The maximum absolute atomic E-state index is 14.2. The summed E-state index contributed by atoms with van der Waals surface area (Å²) in [5.41, 5.74) is 7.65. The van der Waals surface area contributed by atoms with Gasteiger partial charge in [0.05, 0.1) is 29.4 Å². The number of imidazole rings is 1. The Kier molecular flexibility index (Phi) is 8.10. The zero-order chi connectivity index (χ0) is 26.7. The number of aliphatic hydroxyl groups is 1. The summed E-state index contributed by atoms with van der Waals surface area (Å²) in [4.78, 5) is 20.9. The van der Waals surface area contributed by atoms with E-state index in [-0.39, 0.29) is 18.5 Å². The number of carbonyl (C=O) groups is 1. The van der Waals surface area contributed by atoms with E-state index in [2.05, 4.69) is 26.0 Å². The van der Waals surface area contributed by atoms with Crippen LogP contribution in [0.25, 0.3) is 11.0 Å². The largest absolute Gasteiger partial charge is 0.383 e. The summed E-state index contributed by atoms with van der Waals surface area (Å²) in [6.07, 6.45) is -0.151. The van der Waals surface area contributed by atoms with E-state index >= 15 is 0 Å². The van der Waals surface area contributed by atoms with Gasteiger partial charge in [0.1, 0.15) is 18.5 Å². The molecular formula is C31H37N3O3. The summed E-state index contributed by atoms with van der Waals surface area (Å²) >= 11 is 0. The van der Waals surface area contributed by atoms with Crippen LogP contribution in [0.2, 0.25) is 0 Å². The summed E-state index contributed by atoms with van der Waals surface area (Å²) in [7, 11) is 1.65. The minimum absolute atomic E-state index is 0.0454. The van der Waals surface area contributed by atoms with E-state index in [9.17, 15) is 9.90 Å². The molecule has 2 atom stereocenters. The van der Waals surface area contributed by atoms with Crippen molar-refractivity contribution in [1.29, 1.82) is 0 Å². The predicted octanol–water partition coefficient (Wildman–Crippen LogP) is 5.67. The van der Waals surface area contributed by atoms with Crippen LogP contribution in [0, 0.1) is 20.8 Å². The number of benzene rings is 3. The van der Waals surface area contributed by atoms with Gasteiger partial charge in [-0.3, -0.25) is 4.79 Å². The fourth-order valence-electron chi connectivity index (χ4n) is 5.03. The molecule has 0 aliphatic heterocycles. The van der Waals surface area contributed by atoms with Gasteiger partial charge in [0, 0.05) is 7.11 Å². The first-order valence-corrected chi connectivity index (χ1v) is 12.9. The van der Waals surface area contributed by atoms with E-state index in [4.69, 9.17) is 9.72 Å². The molecule has 2 unspecified atom stereocenters. The van der Waals surface area contributed by atoms with Crippen LogP contribution in [0.3, 0.4) is 0 Å². The Labute approximate surface area is 219 Å². The Morgan fingerprint density at radius 3 is 2.41 bits per heavy atom. The minimum atomic E-state index is -0.962. The first-order chi connectivity index (χ1) is 17.8. The highest BCUT2D eigenvalue weighted by molar-refractivity contribution is 5.96. The van der Waals surface area contributed by atoms with Gasteiger partial charge >= 0.3 is 0 Å². The molecule has 4 aromatic rings. The average Bonchev–Trinajstić information content (AvgIpc) is 3.22. The molecule has 0 radical (unpaired) electrons. The van der Waals surface area contributed by atoms with Crippen LogP contribution >= 0.6 is 0 Å². The fourth-order valence-corrected chi connectivity index (χ4v) is 5.03. The van der Waals surface area contributed by atoms with Gasteiger partial charge in [-0.2, -0.15) is 0 Å². The van der Waals surface area contributed by atoms with Crippen molar-refractivity contribution < 1.29 is 14.6 Å². The normalized spacial score (nSPS) is 13.1. The Morgan fingerprint density at radius 1 is 1.03 bits per heavy atom. The van der Waals surface area contributed by atoms with Crippen LogP contribution < -0.4 is 4.90 Å². The molecule has 1 amide bonds. The zero-order valence-corrected chi connectivity index (χ0v) is 22.7. The number of nitrogens with zero attached hydrogens (tertiary/aromatic N) is 3. The quantitative estimate of drug-likeness (QED) is 0.322. The molecule has 4 rings (SSSR count). The number of carbonyl (C=O) groups excluding carboxylic acids is 1. The summed E-state index contributed by atoms with van der Waals surface area (Å²) in [6.45, 7) is 10.7. The Bertz CT molecular complexity index is 1390. The molecule has 0 fully saturated rings. The molecule has 6 nitrogen and oxygen atoms in total. The minimum Gasteiger partial charge on any atom is -0.383 e. The number of aromatic nitrogens is 2. The molecule has 0 bridgehead atoms. The molecule has 1 N–H and O–H groups in total. The number of fused-ring (bicyclic) bond motifs is 1. The lowest BCUT2D eigenvalue weighted by molar-refractivity contribution is -0.119. The third-order valence-electron chi connectivity index (χ3n) is 7.11. The second kappa shape index (κ2) is 11.3. The van der Waals surface area contributed by atoms with Crippen molar-refractivity contribution in [3.8, 4) is 0 Å². The number of anilines is 1. The van der Waals surface area contributed by atoms with Gasteiger partial charge in [-0.05, 0) is 74.1 Å². The van der Waals surface area contributed by atoms with Gasteiger partial charge < -0.3 is 19.3 Å². The monoisotopic (exact) mass is 499 g/mol. The van der Waals surface area contributed by atoms with Crippen molar-refractivity contribution in [3.63, 3.8) is 0 Å². The topological polar surface area (TPSA) is 67.6 Å². The second-order valence-corrected chi connectivity index (χ2v) is 9.80. The van der Waals surface area contributed by atoms with Crippen LogP contribution in [0.1, 0.15) is 53.6 Å².